The topological polar surface area (TPSA) is 46.2 Å². The Kier molecular flexibility index (Phi) is 4.10. The van der Waals surface area contributed by atoms with Crippen LogP contribution in [0, 0.1) is 0 Å². The molecule has 20 heavy (non-hydrogen) atoms. The predicted octanol–water partition coefficient (Wildman–Crippen LogP) is 3.92. The molecular weight excluding hydrogens is 334 g/mol. The molecule has 0 amide bonds. The van der Waals surface area contributed by atoms with Gasteiger partial charge in [0.05, 0.1) is 4.34 Å². The van der Waals surface area contributed by atoms with E-state index >= 15 is 0 Å². The normalized spacial score (nSPS) is 18.8. The zero-order valence-corrected chi connectivity index (χ0v) is 13.6. The summed E-state index contributed by atoms with van der Waals surface area (Å²) >= 11 is 8.65. The summed E-state index contributed by atoms with van der Waals surface area (Å²) in [6.07, 6.45) is 0.792. The largest absolute Gasteiger partial charge is 0.250 e. The molecule has 0 saturated heterocycles. The van der Waals surface area contributed by atoms with E-state index in [2.05, 4.69) is 4.72 Å². The summed E-state index contributed by atoms with van der Waals surface area (Å²) in [6, 6.07) is 10.9. The summed E-state index contributed by atoms with van der Waals surface area (Å²) in [5, 5.41) is 0. The van der Waals surface area contributed by atoms with E-state index in [4.69, 9.17) is 11.6 Å². The smallest absolute Gasteiger partial charge is 0.206 e. The maximum atomic E-state index is 12.4. The number of sulfonamides is 1. The van der Waals surface area contributed by atoms with Crippen LogP contribution < -0.4 is 4.72 Å². The molecule has 3 nitrogen and oxygen atoms in total. The van der Waals surface area contributed by atoms with Gasteiger partial charge in [0, 0.05) is 10.9 Å². The minimum absolute atomic E-state index is 0.168. The average Bonchev–Trinajstić information content (AvgIpc) is 2.86. The molecule has 1 aliphatic heterocycles. The van der Waals surface area contributed by atoms with E-state index in [0.717, 1.165) is 34.0 Å². The standard InChI is InChI=1S/C13H12ClNO2S3/c14-12-5-6-13(19-12)20(16,17)15-10-7-8-18-11-4-2-1-3-9(10)11/h1-6,10,15H,7-8H2/t10-/m1/s1. The van der Waals surface area contributed by atoms with E-state index in [0.29, 0.717) is 4.34 Å². The van der Waals surface area contributed by atoms with Gasteiger partial charge in [-0.2, -0.15) is 0 Å². The third-order valence-electron chi connectivity index (χ3n) is 3.07. The van der Waals surface area contributed by atoms with Crippen molar-refractivity contribution in [1.82, 2.24) is 4.72 Å². The summed E-state index contributed by atoms with van der Waals surface area (Å²) in [5.41, 5.74) is 1.05. The molecule has 1 aromatic carbocycles. The molecule has 3 rings (SSSR count). The Morgan fingerprint density at radius 3 is 2.75 bits per heavy atom. The maximum Gasteiger partial charge on any atom is 0.250 e. The van der Waals surface area contributed by atoms with Crippen LogP contribution in [-0.4, -0.2) is 14.2 Å². The van der Waals surface area contributed by atoms with E-state index in [1.807, 2.05) is 24.3 Å². The van der Waals surface area contributed by atoms with Crippen molar-refractivity contribution in [2.75, 3.05) is 5.75 Å². The Morgan fingerprint density at radius 2 is 2.00 bits per heavy atom. The molecule has 7 heteroatoms. The first-order valence-electron chi connectivity index (χ1n) is 6.06. The van der Waals surface area contributed by atoms with Crippen LogP contribution in [0.4, 0.5) is 0 Å². The molecule has 0 radical (unpaired) electrons. The Labute approximate surface area is 131 Å². The number of fused-ring (bicyclic) bond motifs is 1. The minimum atomic E-state index is -3.51. The van der Waals surface area contributed by atoms with Crippen LogP contribution in [0.2, 0.25) is 4.34 Å². The lowest BCUT2D eigenvalue weighted by Gasteiger charge is -2.25. The number of rotatable bonds is 3. The number of thiophene rings is 1. The monoisotopic (exact) mass is 345 g/mol. The van der Waals surface area contributed by atoms with Crippen molar-refractivity contribution in [3.8, 4) is 0 Å². The summed E-state index contributed by atoms with van der Waals surface area (Å²) in [6.45, 7) is 0. The fourth-order valence-electron chi connectivity index (χ4n) is 2.15. The highest BCUT2D eigenvalue weighted by molar-refractivity contribution is 7.99. The van der Waals surface area contributed by atoms with Crippen molar-refractivity contribution in [2.45, 2.75) is 21.6 Å². The Bertz CT molecular complexity index is 727. The lowest BCUT2D eigenvalue weighted by molar-refractivity contribution is 0.548. The first-order chi connectivity index (χ1) is 9.56. The molecule has 1 N–H and O–H groups in total. The lowest BCUT2D eigenvalue weighted by atomic mass is 10.1. The van der Waals surface area contributed by atoms with Gasteiger partial charge in [-0.3, -0.25) is 0 Å². The van der Waals surface area contributed by atoms with E-state index in [-0.39, 0.29) is 10.3 Å². The second-order valence-electron chi connectivity index (χ2n) is 4.41. The van der Waals surface area contributed by atoms with Crippen molar-refractivity contribution in [1.29, 1.82) is 0 Å². The molecule has 0 fully saturated rings. The van der Waals surface area contributed by atoms with Crippen molar-refractivity contribution in [3.63, 3.8) is 0 Å². The predicted molar refractivity (Wildman–Crippen MR) is 84.2 cm³/mol. The second kappa shape index (κ2) is 5.69. The van der Waals surface area contributed by atoms with Gasteiger partial charge >= 0.3 is 0 Å². The van der Waals surface area contributed by atoms with Crippen LogP contribution >= 0.6 is 34.7 Å². The molecule has 0 saturated carbocycles. The van der Waals surface area contributed by atoms with Crippen LogP contribution in [0.5, 0.6) is 0 Å². The van der Waals surface area contributed by atoms with Gasteiger partial charge in [-0.1, -0.05) is 29.8 Å². The first kappa shape index (κ1) is 14.4. The van der Waals surface area contributed by atoms with E-state index < -0.39 is 10.0 Å². The number of thioether (sulfide) groups is 1. The molecule has 1 aromatic heterocycles. The van der Waals surface area contributed by atoms with Gasteiger partial charge in [0.1, 0.15) is 4.21 Å². The molecule has 1 aliphatic rings. The second-order valence-corrected chi connectivity index (χ2v) is 9.20. The molecular formula is C13H12ClNO2S3. The number of benzene rings is 1. The van der Waals surface area contributed by atoms with E-state index in [1.165, 1.54) is 0 Å². The van der Waals surface area contributed by atoms with Crippen molar-refractivity contribution in [3.05, 3.63) is 46.3 Å². The molecule has 0 bridgehead atoms. The van der Waals surface area contributed by atoms with Gasteiger partial charge in [0.25, 0.3) is 10.0 Å². The van der Waals surface area contributed by atoms with Crippen LogP contribution in [0.25, 0.3) is 0 Å². The van der Waals surface area contributed by atoms with Crippen LogP contribution in [-0.2, 0) is 10.0 Å². The fourth-order valence-corrected chi connectivity index (χ4v) is 6.03. The Balaban J connectivity index is 1.89. The molecule has 2 aromatic rings. The molecule has 0 spiro atoms. The molecule has 0 unspecified atom stereocenters. The number of halogens is 1. The van der Waals surface area contributed by atoms with Crippen molar-refractivity contribution >= 4 is 44.7 Å². The third-order valence-corrected chi connectivity index (χ3v) is 7.39. The average molecular weight is 346 g/mol. The van der Waals surface area contributed by atoms with Gasteiger partial charge in [-0.05, 0) is 35.9 Å². The highest BCUT2D eigenvalue weighted by Gasteiger charge is 2.26. The van der Waals surface area contributed by atoms with Crippen LogP contribution in [0.1, 0.15) is 18.0 Å². The number of hydrogen-bond donors (Lipinski definition) is 1. The van der Waals surface area contributed by atoms with E-state index in [1.54, 1.807) is 23.9 Å². The van der Waals surface area contributed by atoms with Crippen molar-refractivity contribution in [2.24, 2.45) is 0 Å². The molecule has 106 valence electrons. The molecule has 1 atom stereocenters. The summed E-state index contributed by atoms with van der Waals surface area (Å²) in [4.78, 5) is 1.15. The summed E-state index contributed by atoms with van der Waals surface area (Å²) < 4.78 is 28.2. The minimum Gasteiger partial charge on any atom is -0.206 e. The lowest BCUT2D eigenvalue weighted by Crippen LogP contribution is -2.30. The van der Waals surface area contributed by atoms with Gasteiger partial charge in [-0.25, -0.2) is 13.1 Å². The Hall–Kier alpha value is -0.530. The van der Waals surface area contributed by atoms with Gasteiger partial charge in [-0.15, -0.1) is 23.1 Å². The van der Waals surface area contributed by atoms with Gasteiger partial charge < -0.3 is 0 Å². The van der Waals surface area contributed by atoms with Gasteiger partial charge in [0.2, 0.25) is 0 Å². The first-order valence-corrected chi connectivity index (χ1v) is 9.72. The SMILES string of the molecule is O=S(=O)(N[C@@H]1CCSc2ccccc21)c1ccc(Cl)s1. The van der Waals surface area contributed by atoms with E-state index in [9.17, 15) is 8.42 Å². The maximum absolute atomic E-state index is 12.4. The number of nitrogens with one attached hydrogen (secondary N) is 1. The number of hydrogen-bond acceptors (Lipinski definition) is 4. The fraction of sp³-hybridized carbons (Fsp3) is 0.231. The molecule has 0 aliphatic carbocycles. The Morgan fingerprint density at radius 1 is 1.20 bits per heavy atom. The molecule has 2 heterocycles. The quantitative estimate of drug-likeness (QED) is 0.917. The highest BCUT2D eigenvalue weighted by atomic mass is 35.5. The zero-order valence-electron chi connectivity index (χ0n) is 10.4. The van der Waals surface area contributed by atoms with Crippen molar-refractivity contribution < 1.29 is 8.42 Å². The summed E-state index contributed by atoms with van der Waals surface area (Å²) in [5.74, 6) is 0.912. The zero-order chi connectivity index (χ0) is 14.2. The van der Waals surface area contributed by atoms with Gasteiger partial charge in [0.15, 0.2) is 0 Å². The van der Waals surface area contributed by atoms with Crippen LogP contribution in [0.3, 0.4) is 0 Å². The third kappa shape index (κ3) is 2.89. The highest BCUT2D eigenvalue weighted by Crippen LogP contribution is 2.37. The summed E-state index contributed by atoms with van der Waals surface area (Å²) in [7, 11) is -3.51. The van der Waals surface area contributed by atoms with Crippen LogP contribution in [0.15, 0.2) is 45.5 Å².